The van der Waals surface area contributed by atoms with E-state index in [-0.39, 0.29) is 16.4 Å². The van der Waals surface area contributed by atoms with E-state index in [1.807, 2.05) is 0 Å². The van der Waals surface area contributed by atoms with Gasteiger partial charge in [0.15, 0.2) is 9.84 Å². The molecule has 166 valence electrons. The molecule has 0 bridgehead atoms. The van der Waals surface area contributed by atoms with Crippen molar-refractivity contribution in [2.45, 2.75) is 40.9 Å². The Balaban J connectivity index is 2.20. The molecule has 0 aliphatic carbocycles. The Labute approximate surface area is 200 Å². The summed E-state index contributed by atoms with van der Waals surface area (Å²) < 4.78 is 34.1. The maximum atomic E-state index is 13.4. The van der Waals surface area contributed by atoms with Gasteiger partial charge in [-0.3, -0.25) is 0 Å². The number of halogens is 2. The molecule has 0 fully saturated rings. The molecule has 10 heteroatoms. The third kappa shape index (κ3) is 4.98. The van der Waals surface area contributed by atoms with Crippen molar-refractivity contribution in [1.82, 2.24) is 4.57 Å². The molecule has 0 radical (unpaired) electrons. The summed E-state index contributed by atoms with van der Waals surface area (Å²) in [7, 11) is -3.72. The van der Waals surface area contributed by atoms with Gasteiger partial charge in [0.1, 0.15) is 9.77 Å². The first-order valence-electron chi connectivity index (χ1n) is 9.45. The van der Waals surface area contributed by atoms with Crippen molar-refractivity contribution >= 4 is 62.1 Å². The fourth-order valence-corrected chi connectivity index (χ4v) is 8.06. The van der Waals surface area contributed by atoms with E-state index in [2.05, 4.69) is 0 Å². The van der Waals surface area contributed by atoms with Crippen molar-refractivity contribution in [3.8, 4) is 5.69 Å². The van der Waals surface area contributed by atoms with Crippen LogP contribution in [0.2, 0.25) is 10.0 Å². The summed E-state index contributed by atoms with van der Waals surface area (Å²) in [4.78, 5) is 13.1. The number of nitrogens with zero attached hydrogens (tertiary/aromatic N) is 1. The molecule has 0 unspecified atom stereocenters. The van der Waals surface area contributed by atoms with Gasteiger partial charge in [-0.2, -0.15) is 0 Å². The van der Waals surface area contributed by atoms with Crippen molar-refractivity contribution in [2.75, 3.05) is 6.61 Å². The summed E-state index contributed by atoms with van der Waals surface area (Å²) in [6.07, 6.45) is 3.42. The lowest BCUT2D eigenvalue weighted by Gasteiger charge is -2.13. The molecule has 3 rings (SSSR count). The Morgan fingerprint density at radius 1 is 1.16 bits per heavy atom. The number of hydrogen-bond acceptors (Lipinski definition) is 6. The monoisotopic (exact) mass is 517 g/mol. The summed E-state index contributed by atoms with van der Waals surface area (Å²) in [5.41, 5.74) is 1.02. The first-order valence-corrected chi connectivity index (χ1v) is 13.6. The Hall–Kier alpha value is -1.45. The molecule has 3 aromatic rings. The molecule has 0 atom stereocenters. The highest BCUT2D eigenvalue weighted by Crippen LogP contribution is 2.45. The van der Waals surface area contributed by atoms with E-state index >= 15 is 0 Å². The number of ether oxygens (including phenoxy) is 1. The molecular weight excluding hydrogens is 497 g/mol. The van der Waals surface area contributed by atoms with Crippen molar-refractivity contribution < 1.29 is 17.9 Å². The van der Waals surface area contributed by atoms with Gasteiger partial charge in [0.25, 0.3) is 0 Å². The summed E-state index contributed by atoms with van der Waals surface area (Å²) in [6, 6.07) is 8.77. The Morgan fingerprint density at radius 3 is 2.32 bits per heavy atom. The number of carbonyl (C=O) groups excluding carboxylic acids is 1. The molecule has 0 N–H and O–H groups in total. The Bertz CT molecular complexity index is 1170. The van der Waals surface area contributed by atoms with Crippen molar-refractivity contribution in [2.24, 2.45) is 0 Å². The van der Waals surface area contributed by atoms with Crippen LogP contribution in [0.25, 0.3) is 5.69 Å². The van der Waals surface area contributed by atoms with Gasteiger partial charge in [0.05, 0.1) is 21.8 Å². The van der Waals surface area contributed by atoms with E-state index in [1.54, 1.807) is 68.1 Å². The number of rotatable bonds is 8. The summed E-state index contributed by atoms with van der Waals surface area (Å²) in [5, 5.41) is 0.330. The van der Waals surface area contributed by atoms with Gasteiger partial charge in [0.2, 0.25) is 0 Å². The normalized spacial score (nSPS) is 11.8. The van der Waals surface area contributed by atoms with E-state index in [1.165, 1.54) is 11.8 Å². The van der Waals surface area contributed by atoms with E-state index < -0.39 is 21.1 Å². The second-order valence-corrected chi connectivity index (χ2v) is 12.3. The fraction of sp³-hybridized carbons (Fsp3) is 0.286. The summed E-state index contributed by atoms with van der Waals surface area (Å²) in [6.45, 7) is 5.14. The largest absolute Gasteiger partial charge is 0.462 e. The minimum atomic E-state index is -3.72. The van der Waals surface area contributed by atoms with Crippen LogP contribution in [0.4, 0.5) is 0 Å². The van der Waals surface area contributed by atoms with Gasteiger partial charge < -0.3 is 9.30 Å². The standard InChI is InChI=1S/C21H21Cl2NO4S3/c1-4-28-20(25)18-17(24-10-5-6-11-24)19(31(26,27)13(2)3)21(30-18)29-12-14-15(22)8-7-9-16(14)23/h5-11,13H,4,12H2,1-3H3. The first kappa shape index (κ1) is 24.2. The van der Waals surface area contributed by atoms with Crippen LogP contribution in [0.15, 0.2) is 51.8 Å². The SMILES string of the molecule is CCOC(=O)c1sc(SCc2c(Cl)cccc2Cl)c(S(=O)(=O)C(C)C)c1-n1cccc1. The molecular formula is C21H21Cl2NO4S3. The number of carbonyl (C=O) groups is 1. The van der Waals surface area contributed by atoms with Crippen LogP contribution in [-0.4, -0.2) is 30.8 Å². The molecule has 0 spiro atoms. The van der Waals surface area contributed by atoms with E-state index in [0.29, 0.717) is 31.3 Å². The second kappa shape index (κ2) is 10.0. The number of sulfone groups is 1. The molecule has 0 saturated carbocycles. The topological polar surface area (TPSA) is 65.4 Å². The van der Waals surface area contributed by atoms with Gasteiger partial charge in [-0.15, -0.1) is 23.1 Å². The number of aromatic nitrogens is 1. The number of benzene rings is 1. The lowest BCUT2D eigenvalue weighted by Crippen LogP contribution is -2.17. The van der Waals surface area contributed by atoms with Crippen molar-refractivity contribution in [3.63, 3.8) is 0 Å². The highest BCUT2D eigenvalue weighted by atomic mass is 35.5. The maximum Gasteiger partial charge on any atom is 0.350 e. The lowest BCUT2D eigenvalue weighted by atomic mass is 10.2. The van der Waals surface area contributed by atoms with Gasteiger partial charge in [-0.05, 0) is 50.6 Å². The van der Waals surface area contributed by atoms with Gasteiger partial charge in [-0.1, -0.05) is 29.3 Å². The third-order valence-corrected chi connectivity index (χ3v) is 10.1. The quantitative estimate of drug-likeness (QED) is 0.252. The minimum Gasteiger partial charge on any atom is -0.462 e. The average Bonchev–Trinajstić information content (AvgIpc) is 3.35. The van der Waals surface area contributed by atoms with E-state index in [0.717, 1.165) is 11.3 Å². The predicted octanol–water partition coefficient (Wildman–Crippen LogP) is 6.50. The molecule has 31 heavy (non-hydrogen) atoms. The van der Waals surface area contributed by atoms with E-state index in [9.17, 15) is 13.2 Å². The predicted molar refractivity (Wildman–Crippen MR) is 128 cm³/mol. The second-order valence-electron chi connectivity index (χ2n) is 6.79. The van der Waals surface area contributed by atoms with Crippen LogP contribution in [0.5, 0.6) is 0 Å². The molecule has 2 heterocycles. The zero-order chi connectivity index (χ0) is 22.8. The fourth-order valence-electron chi connectivity index (χ4n) is 2.83. The van der Waals surface area contributed by atoms with Crippen molar-refractivity contribution in [3.05, 3.63) is 63.2 Å². The zero-order valence-corrected chi connectivity index (χ0v) is 21.1. The highest BCUT2D eigenvalue weighted by Gasteiger charge is 2.34. The molecule has 0 amide bonds. The number of esters is 1. The van der Waals surface area contributed by atoms with Gasteiger partial charge in [0, 0.05) is 28.2 Å². The third-order valence-electron chi connectivity index (χ3n) is 4.45. The van der Waals surface area contributed by atoms with Gasteiger partial charge >= 0.3 is 5.97 Å². The zero-order valence-electron chi connectivity index (χ0n) is 17.1. The molecule has 5 nitrogen and oxygen atoms in total. The van der Waals surface area contributed by atoms with E-state index in [4.69, 9.17) is 27.9 Å². The lowest BCUT2D eigenvalue weighted by molar-refractivity contribution is 0.0532. The van der Waals surface area contributed by atoms with Crippen LogP contribution >= 0.6 is 46.3 Å². The molecule has 0 aliphatic rings. The van der Waals surface area contributed by atoms with Crippen LogP contribution < -0.4 is 0 Å². The molecule has 2 aromatic heterocycles. The van der Waals surface area contributed by atoms with Crippen LogP contribution in [-0.2, 0) is 20.3 Å². The summed E-state index contributed by atoms with van der Waals surface area (Å²) >= 11 is 15.0. The highest BCUT2D eigenvalue weighted by molar-refractivity contribution is 8.01. The molecule has 1 aromatic carbocycles. The molecule has 0 saturated heterocycles. The number of thioether (sulfide) groups is 1. The van der Waals surface area contributed by atoms with Crippen LogP contribution in [0.3, 0.4) is 0 Å². The Kier molecular flexibility index (Phi) is 7.81. The van der Waals surface area contributed by atoms with Crippen molar-refractivity contribution in [1.29, 1.82) is 0 Å². The maximum absolute atomic E-state index is 13.4. The van der Waals surface area contributed by atoms with Crippen LogP contribution in [0.1, 0.15) is 36.0 Å². The van der Waals surface area contributed by atoms with Crippen LogP contribution in [0, 0.1) is 0 Å². The Morgan fingerprint density at radius 2 is 1.77 bits per heavy atom. The average molecular weight is 519 g/mol. The molecule has 0 aliphatic heterocycles. The summed E-state index contributed by atoms with van der Waals surface area (Å²) in [5.74, 6) is -0.202. The minimum absolute atomic E-state index is 0.125. The smallest absolute Gasteiger partial charge is 0.350 e. The van der Waals surface area contributed by atoms with Gasteiger partial charge in [-0.25, -0.2) is 13.2 Å². The first-order chi connectivity index (χ1) is 14.7. The number of hydrogen-bond donors (Lipinski definition) is 0. The number of thiophene rings is 1.